The zero-order chi connectivity index (χ0) is 19.4. The molecule has 3 heterocycles. The van der Waals surface area contributed by atoms with E-state index in [4.69, 9.17) is 19.2 Å². The van der Waals surface area contributed by atoms with Gasteiger partial charge in [-0.3, -0.25) is 4.99 Å². The predicted molar refractivity (Wildman–Crippen MR) is 110 cm³/mol. The van der Waals surface area contributed by atoms with Gasteiger partial charge in [0.25, 0.3) is 0 Å². The van der Waals surface area contributed by atoms with Gasteiger partial charge in [-0.1, -0.05) is 13.0 Å². The molecule has 4 rings (SSSR count). The zero-order valence-electron chi connectivity index (χ0n) is 17.2. The SMILES string of the molecule is CCNC(=NCC1(c2ccc3c(c2)OCO3)CCOCC1)N1CCCC(C)C1. The topological polar surface area (TPSA) is 55.3 Å². The summed E-state index contributed by atoms with van der Waals surface area (Å²) in [4.78, 5) is 7.58. The van der Waals surface area contributed by atoms with Crippen molar-refractivity contribution < 1.29 is 14.2 Å². The number of ether oxygens (including phenoxy) is 3. The molecule has 0 bridgehead atoms. The Morgan fingerprint density at radius 1 is 1.25 bits per heavy atom. The van der Waals surface area contributed by atoms with Crippen molar-refractivity contribution in [3.63, 3.8) is 0 Å². The quantitative estimate of drug-likeness (QED) is 0.635. The minimum atomic E-state index is -0.0126. The number of guanidine groups is 1. The summed E-state index contributed by atoms with van der Waals surface area (Å²) in [6, 6.07) is 6.37. The van der Waals surface area contributed by atoms with Crippen LogP contribution in [0.2, 0.25) is 0 Å². The first-order chi connectivity index (χ1) is 13.7. The van der Waals surface area contributed by atoms with E-state index >= 15 is 0 Å². The van der Waals surface area contributed by atoms with E-state index in [-0.39, 0.29) is 5.41 Å². The largest absolute Gasteiger partial charge is 0.454 e. The molecule has 3 aliphatic heterocycles. The molecule has 0 aliphatic carbocycles. The van der Waals surface area contributed by atoms with Gasteiger partial charge in [-0.2, -0.15) is 0 Å². The van der Waals surface area contributed by atoms with Crippen LogP contribution in [0.4, 0.5) is 0 Å². The van der Waals surface area contributed by atoms with E-state index in [1.54, 1.807) is 0 Å². The molecule has 6 heteroatoms. The van der Waals surface area contributed by atoms with Gasteiger partial charge in [-0.15, -0.1) is 0 Å². The molecule has 6 nitrogen and oxygen atoms in total. The van der Waals surface area contributed by atoms with Crippen LogP contribution in [0.25, 0.3) is 0 Å². The number of fused-ring (bicyclic) bond motifs is 1. The van der Waals surface area contributed by atoms with Gasteiger partial charge in [0.15, 0.2) is 17.5 Å². The first-order valence-corrected chi connectivity index (χ1v) is 10.7. The van der Waals surface area contributed by atoms with Crippen molar-refractivity contribution in [2.45, 2.75) is 44.9 Å². The van der Waals surface area contributed by atoms with Gasteiger partial charge in [-0.05, 0) is 56.2 Å². The normalized spacial score (nSPS) is 24.3. The van der Waals surface area contributed by atoms with Crippen molar-refractivity contribution in [2.24, 2.45) is 10.9 Å². The monoisotopic (exact) mass is 387 g/mol. The molecule has 0 amide bonds. The molecule has 1 aromatic rings. The highest BCUT2D eigenvalue weighted by molar-refractivity contribution is 5.80. The van der Waals surface area contributed by atoms with Gasteiger partial charge in [0.05, 0.1) is 6.54 Å². The van der Waals surface area contributed by atoms with E-state index in [2.05, 4.69) is 36.2 Å². The number of benzene rings is 1. The lowest BCUT2D eigenvalue weighted by Gasteiger charge is -2.38. The van der Waals surface area contributed by atoms with E-state index in [0.717, 1.165) is 75.6 Å². The standard InChI is InChI=1S/C22H33N3O3/c1-3-23-21(25-10-4-5-17(2)14-25)24-15-22(8-11-26-12-9-22)18-6-7-19-20(13-18)28-16-27-19/h6-7,13,17H,3-5,8-12,14-16H2,1-2H3,(H,23,24). The molecule has 0 saturated carbocycles. The Kier molecular flexibility index (Phi) is 5.95. The Hall–Kier alpha value is -1.95. The fourth-order valence-corrected chi connectivity index (χ4v) is 4.56. The third kappa shape index (κ3) is 4.07. The molecule has 2 fully saturated rings. The first-order valence-electron chi connectivity index (χ1n) is 10.7. The molecular formula is C22H33N3O3. The molecule has 1 N–H and O–H groups in total. The van der Waals surface area contributed by atoms with Crippen LogP contribution in [0.1, 0.15) is 45.1 Å². The fraction of sp³-hybridized carbons (Fsp3) is 0.682. The number of likely N-dealkylation sites (tertiary alicyclic amines) is 1. The van der Waals surface area contributed by atoms with Crippen LogP contribution in [0.3, 0.4) is 0 Å². The maximum absolute atomic E-state index is 5.69. The number of aliphatic imine (C=N–C) groups is 1. The van der Waals surface area contributed by atoms with E-state index in [9.17, 15) is 0 Å². The molecule has 1 unspecified atom stereocenters. The van der Waals surface area contributed by atoms with Crippen molar-refractivity contribution in [3.05, 3.63) is 23.8 Å². The highest BCUT2D eigenvalue weighted by Gasteiger charge is 2.36. The van der Waals surface area contributed by atoms with Crippen LogP contribution >= 0.6 is 0 Å². The van der Waals surface area contributed by atoms with Crippen LogP contribution < -0.4 is 14.8 Å². The molecular weight excluding hydrogens is 354 g/mol. The lowest BCUT2D eigenvalue weighted by Crippen LogP contribution is -2.47. The third-order valence-electron chi connectivity index (χ3n) is 6.26. The van der Waals surface area contributed by atoms with E-state index in [1.165, 1.54) is 18.4 Å². The predicted octanol–water partition coefficient (Wildman–Crippen LogP) is 3.16. The second-order valence-electron chi connectivity index (χ2n) is 8.32. The van der Waals surface area contributed by atoms with Gasteiger partial charge >= 0.3 is 0 Å². The van der Waals surface area contributed by atoms with Crippen molar-refractivity contribution in [2.75, 3.05) is 46.2 Å². The van der Waals surface area contributed by atoms with Crippen LogP contribution in [0.5, 0.6) is 11.5 Å². The van der Waals surface area contributed by atoms with Gasteiger partial charge in [0.1, 0.15) is 0 Å². The average molecular weight is 388 g/mol. The Labute approximate surface area is 168 Å². The number of nitrogens with zero attached hydrogens (tertiary/aromatic N) is 2. The summed E-state index contributed by atoms with van der Waals surface area (Å²) >= 11 is 0. The smallest absolute Gasteiger partial charge is 0.231 e. The zero-order valence-corrected chi connectivity index (χ0v) is 17.2. The van der Waals surface area contributed by atoms with Crippen LogP contribution in [0.15, 0.2) is 23.2 Å². The number of rotatable bonds is 4. The van der Waals surface area contributed by atoms with Gasteiger partial charge in [0.2, 0.25) is 6.79 Å². The summed E-state index contributed by atoms with van der Waals surface area (Å²) in [6.45, 7) is 10.2. The van der Waals surface area contributed by atoms with Gasteiger partial charge < -0.3 is 24.4 Å². The van der Waals surface area contributed by atoms with Crippen molar-refractivity contribution in [1.82, 2.24) is 10.2 Å². The summed E-state index contributed by atoms with van der Waals surface area (Å²) in [7, 11) is 0. The number of nitrogens with one attached hydrogen (secondary N) is 1. The lowest BCUT2D eigenvalue weighted by molar-refractivity contribution is 0.0529. The molecule has 0 radical (unpaired) electrons. The maximum atomic E-state index is 5.69. The fourth-order valence-electron chi connectivity index (χ4n) is 4.56. The van der Waals surface area contributed by atoms with E-state index in [0.29, 0.717) is 6.79 Å². The Balaban J connectivity index is 1.59. The summed E-state index contributed by atoms with van der Waals surface area (Å²) in [5, 5.41) is 3.52. The molecule has 3 aliphatic rings. The maximum Gasteiger partial charge on any atom is 0.231 e. The highest BCUT2D eigenvalue weighted by Crippen LogP contribution is 2.41. The Morgan fingerprint density at radius 2 is 2.07 bits per heavy atom. The molecule has 154 valence electrons. The van der Waals surface area contributed by atoms with E-state index < -0.39 is 0 Å². The third-order valence-corrected chi connectivity index (χ3v) is 6.26. The highest BCUT2D eigenvalue weighted by atomic mass is 16.7. The Morgan fingerprint density at radius 3 is 2.86 bits per heavy atom. The minimum absolute atomic E-state index is 0.0126. The Bertz CT molecular complexity index is 700. The number of hydrogen-bond acceptors (Lipinski definition) is 4. The number of piperidine rings is 1. The number of hydrogen-bond donors (Lipinski definition) is 1. The van der Waals surface area contributed by atoms with Crippen LogP contribution in [0, 0.1) is 5.92 Å². The molecule has 1 atom stereocenters. The summed E-state index contributed by atoms with van der Waals surface area (Å²) in [5.41, 5.74) is 1.27. The molecule has 1 aromatic carbocycles. The van der Waals surface area contributed by atoms with Crippen LogP contribution in [-0.4, -0.2) is 57.0 Å². The summed E-state index contributed by atoms with van der Waals surface area (Å²) < 4.78 is 16.8. The average Bonchev–Trinajstić information content (AvgIpc) is 3.20. The molecule has 28 heavy (non-hydrogen) atoms. The second-order valence-corrected chi connectivity index (χ2v) is 8.32. The summed E-state index contributed by atoms with van der Waals surface area (Å²) in [5.74, 6) is 3.47. The first kappa shape index (κ1) is 19.4. The lowest BCUT2D eigenvalue weighted by atomic mass is 9.74. The van der Waals surface area contributed by atoms with Gasteiger partial charge in [-0.25, -0.2) is 0 Å². The van der Waals surface area contributed by atoms with Gasteiger partial charge in [0, 0.05) is 38.3 Å². The molecule has 0 spiro atoms. The summed E-state index contributed by atoms with van der Waals surface area (Å²) in [6.07, 6.45) is 4.51. The van der Waals surface area contributed by atoms with Crippen molar-refractivity contribution in [3.8, 4) is 11.5 Å². The molecule has 0 aromatic heterocycles. The van der Waals surface area contributed by atoms with Crippen molar-refractivity contribution >= 4 is 5.96 Å². The second kappa shape index (κ2) is 8.60. The minimum Gasteiger partial charge on any atom is -0.454 e. The van der Waals surface area contributed by atoms with Crippen molar-refractivity contribution in [1.29, 1.82) is 0 Å². The van der Waals surface area contributed by atoms with Crippen LogP contribution in [-0.2, 0) is 10.2 Å². The molecule has 2 saturated heterocycles. The van der Waals surface area contributed by atoms with E-state index in [1.807, 2.05) is 6.07 Å².